The first-order valence-corrected chi connectivity index (χ1v) is 3.99. The molecule has 0 unspecified atom stereocenters. The Balaban J connectivity index is 2.95. The summed E-state index contributed by atoms with van der Waals surface area (Å²) in [7, 11) is 0. The molecule has 1 aromatic carbocycles. The minimum absolute atomic E-state index is 0.0470. The minimum Gasteiger partial charge on any atom is -0.550 e. The van der Waals surface area contributed by atoms with Crippen LogP contribution in [0.1, 0.15) is 18.0 Å². The molecule has 0 bridgehead atoms. The molecular weight excluding hydrogens is 192 g/mol. The largest absolute Gasteiger partial charge is 0.550 e. The Hall–Kier alpha value is -1.49. The number of quaternary nitrogens is 1. The van der Waals surface area contributed by atoms with Gasteiger partial charge in [0.05, 0.1) is 0 Å². The Labute approximate surface area is 79.2 Å². The van der Waals surface area contributed by atoms with E-state index in [1.54, 1.807) is 0 Å². The lowest BCUT2D eigenvalue weighted by Crippen LogP contribution is -2.55. The molecule has 5 heteroatoms. The number of carbonyl (C=O) groups excluding carboxylic acids is 1. The van der Waals surface area contributed by atoms with Gasteiger partial charge in [-0.3, -0.25) is 0 Å². The van der Waals surface area contributed by atoms with Crippen molar-refractivity contribution in [1.82, 2.24) is 0 Å². The van der Waals surface area contributed by atoms with Gasteiger partial charge < -0.3 is 15.6 Å². The molecule has 0 aromatic heterocycles. The van der Waals surface area contributed by atoms with Gasteiger partial charge in [0.25, 0.3) is 0 Å². The lowest BCUT2D eigenvalue weighted by atomic mass is 10.0. The molecule has 76 valence electrons. The minimum atomic E-state index is -1.34. The normalized spacial score (nSPS) is 12.5. The van der Waals surface area contributed by atoms with Crippen LogP contribution in [0.3, 0.4) is 0 Å². The summed E-state index contributed by atoms with van der Waals surface area (Å²) in [6, 6.07) is 2.74. The van der Waals surface area contributed by atoms with Crippen LogP contribution in [-0.4, -0.2) is 5.97 Å². The van der Waals surface area contributed by atoms with Gasteiger partial charge in [-0.1, -0.05) is 6.07 Å². The van der Waals surface area contributed by atoms with Crippen LogP contribution in [0.2, 0.25) is 0 Å². The molecule has 0 aliphatic rings. The summed E-state index contributed by atoms with van der Waals surface area (Å²) in [5.41, 5.74) is 3.38. The highest BCUT2D eigenvalue weighted by Gasteiger charge is 2.17. The molecule has 3 N–H and O–H groups in total. The van der Waals surface area contributed by atoms with Crippen molar-refractivity contribution in [2.24, 2.45) is 0 Å². The molecule has 0 amide bonds. The molecule has 1 atom stereocenters. The second kappa shape index (κ2) is 4.15. The van der Waals surface area contributed by atoms with E-state index in [0.717, 1.165) is 6.07 Å². The zero-order valence-electron chi connectivity index (χ0n) is 7.30. The average molecular weight is 201 g/mol. The smallest absolute Gasteiger partial charge is 0.167 e. The summed E-state index contributed by atoms with van der Waals surface area (Å²) in [4.78, 5) is 10.2. The summed E-state index contributed by atoms with van der Waals surface area (Å²) in [6.45, 7) is 0. The molecule has 3 nitrogen and oxygen atoms in total. The van der Waals surface area contributed by atoms with Gasteiger partial charge in [0.15, 0.2) is 11.6 Å². The highest BCUT2D eigenvalue weighted by molar-refractivity contribution is 5.65. The fraction of sp³-hybridized carbons (Fsp3) is 0.222. The zero-order valence-corrected chi connectivity index (χ0v) is 7.30. The number of halogens is 2. The van der Waals surface area contributed by atoms with Crippen molar-refractivity contribution in [2.75, 3.05) is 0 Å². The molecule has 1 aromatic rings. The van der Waals surface area contributed by atoms with Crippen LogP contribution in [0.5, 0.6) is 0 Å². The molecule has 0 aliphatic heterocycles. The molecule has 0 spiro atoms. The van der Waals surface area contributed by atoms with Crippen LogP contribution in [0.4, 0.5) is 8.78 Å². The fourth-order valence-corrected chi connectivity index (χ4v) is 1.15. The molecule has 14 heavy (non-hydrogen) atoms. The SMILES string of the molecule is [NH3+][C@H](CC(=O)[O-])c1cccc(F)c1F. The van der Waals surface area contributed by atoms with Crippen LogP contribution < -0.4 is 10.8 Å². The van der Waals surface area contributed by atoms with Crippen molar-refractivity contribution in [3.63, 3.8) is 0 Å². The van der Waals surface area contributed by atoms with Gasteiger partial charge in [-0.05, 0) is 12.1 Å². The number of carbonyl (C=O) groups is 1. The number of rotatable bonds is 3. The van der Waals surface area contributed by atoms with E-state index in [-0.39, 0.29) is 5.56 Å². The first-order chi connectivity index (χ1) is 6.52. The molecule has 0 heterocycles. The summed E-state index contributed by atoms with van der Waals surface area (Å²) in [6.07, 6.45) is -0.430. The summed E-state index contributed by atoms with van der Waals surface area (Å²) in [5, 5.41) is 10.2. The number of aliphatic carboxylic acids is 1. The second-order valence-electron chi connectivity index (χ2n) is 2.92. The number of hydrogen-bond acceptors (Lipinski definition) is 2. The Morgan fingerprint density at radius 1 is 1.50 bits per heavy atom. The third-order valence-corrected chi connectivity index (χ3v) is 1.83. The number of carboxylic acid groups (broad SMARTS) is 1. The molecule has 0 fully saturated rings. The third kappa shape index (κ3) is 2.26. The predicted molar refractivity (Wildman–Crippen MR) is 41.6 cm³/mol. The van der Waals surface area contributed by atoms with E-state index >= 15 is 0 Å². The van der Waals surface area contributed by atoms with E-state index < -0.39 is 30.1 Å². The lowest BCUT2D eigenvalue weighted by Gasteiger charge is -2.10. The first-order valence-electron chi connectivity index (χ1n) is 3.99. The molecule has 0 saturated heterocycles. The lowest BCUT2D eigenvalue weighted by molar-refractivity contribution is -0.431. The van der Waals surface area contributed by atoms with Gasteiger partial charge in [0, 0.05) is 18.0 Å². The fourth-order valence-electron chi connectivity index (χ4n) is 1.15. The van der Waals surface area contributed by atoms with E-state index in [1.165, 1.54) is 12.1 Å². The first kappa shape index (κ1) is 10.6. The van der Waals surface area contributed by atoms with E-state index in [1.807, 2.05) is 0 Å². The van der Waals surface area contributed by atoms with Crippen molar-refractivity contribution in [2.45, 2.75) is 12.5 Å². The highest BCUT2D eigenvalue weighted by atomic mass is 19.2. The Morgan fingerprint density at radius 3 is 2.71 bits per heavy atom. The maximum absolute atomic E-state index is 13.1. The van der Waals surface area contributed by atoms with Crippen molar-refractivity contribution >= 4 is 5.97 Å². The number of carboxylic acids is 1. The van der Waals surface area contributed by atoms with Gasteiger partial charge >= 0.3 is 0 Å². The maximum atomic E-state index is 13.1. The molecule has 0 radical (unpaired) electrons. The van der Waals surface area contributed by atoms with Crippen molar-refractivity contribution in [1.29, 1.82) is 0 Å². The molecule has 0 saturated carbocycles. The number of benzene rings is 1. The second-order valence-corrected chi connectivity index (χ2v) is 2.92. The average Bonchev–Trinajstić information content (AvgIpc) is 2.08. The highest BCUT2D eigenvalue weighted by Crippen LogP contribution is 2.18. The van der Waals surface area contributed by atoms with Gasteiger partial charge in [-0.2, -0.15) is 0 Å². The van der Waals surface area contributed by atoms with Crippen LogP contribution >= 0.6 is 0 Å². The van der Waals surface area contributed by atoms with Crippen molar-refractivity contribution in [3.8, 4) is 0 Å². The molecular formula is C9H9F2NO2. The van der Waals surface area contributed by atoms with Gasteiger partial charge in [0.1, 0.15) is 6.04 Å². The van der Waals surface area contributed by atoms with Crippen molar-refractivity contribution in [3.05, 3.63) is 35.4 Å². The van der Waals surface area contributed by atoms with Gasteiger partial charge in [0.2, 0.25) is 0 Å². The van der Waals surface area contributed by atoms with Crippen LogP contribution in [0.15, 0.2) is 18.2 Å². The summed E-state index contributed by atoms with van der Waals surface area (Å²) >= 11 is 0. The van der Waals surface area contributed by atoms with Crippen molar-refractivity contribution < 1.29 is 24.4 Å². The van der Waals surface area contributed by atoms with Gasteiger partial charge in [-0.25, -0.2) is 8.78 Å². The zero-order chi connectivity index (χ0) is 10.7. The van der Waals surface area contributed by atoms with Crippen LogP contribution in [0, 0.1) is 11.6 Å². The van der Waals surface area contributed by atoms with E-state index in [0.29, 0.717) is 0 Å². The third-order valence-electron chi connectivity index (χ3n) is 1.83. The van der Waals surface area contributed by atoms with Gasteiger partial charge in [-0.15, -0.1) is 0 Å². The Morgan fingerprint density at radius 2 is 2.14 bits per heavy atom. The number of hydrogen-bond donors (Lipinski definition) is 1. The summed E-state index contributed by atoms with van der Waals surface area (Å²) in [5.74, 6) is -3.39. The van der Waals surface area contributed by atoms with E-state index in [4.69, 9.17) is 0 Å². The predicted octanol–water partition coefficient (Wildman–Crippen LogP) is -0.612. The summed E-state index contributed by atoms with van der Waals surface area (Å²) < 4.78 is 25.8. The monoisotopic (exact) mass is 201 g/mol. The molecule has 0 aliphatic carbocycles. The Bertz CT molecular complexity index is 355. The standard InChI is InChI=1S/C9H9F2NO2/c10-6-3-1-2-5(9(6)11)7(12)4-8(13)14/h1-3,7H,4,12H2,(H,13,14)/t7-/m1/s1. The maximum Gasteiger partial charge on any atom is 0.167 e. The van der Waals surface area contributed by atoms with Crippen LogP contribution in [-0.2, 0) is 4.79 Å². The topological polar surface area (TPSA) is 67.8 Å². The molecule has 1 rings (SSSR count). The van der Waals surface area contributed by atoms with Crippen LogP contribution in [0.25, 0.3) is 0 Å². The van der Waals surface area contributed by atoms with E-state index in [9.17, 15) is 18.7 Å². The Kier molecular flexibility index (Phi) is 3.14. The quantitative estimate of drug-likeness (QED) is 0.708. The van der Waals surface area contributed by atoms with E-state index in [2.05, 4.69) is 5.73 Å².